The van der Waals surface area contributed by atoms with E-state index in [1.54, 1.807) is 18.2 Å². The number of esters is 1. The number of hydrogen-bond donors (Lipinski definition) is 0. The van der Waals surface area contributed by atoms with E-state index in [1.807, 2.05) is 6.07 Å². The van der Waals surface area contributed by atoms with Crippen LogP contribution >= 0.6 is 11.6 Å². The average molecular weight is 224 g/mol. The van der Waals surface area contributed by atoms with Crippen molar-refractivity contribution >= 4 is 17.6 Å². The topological polar surface area (TPSA) is 50.1 Å². The second-order valence-corrected chi connectivity index (χ2v) is 3.39. The number of halogens is 1. The van der Waals surface area contributed by atoms with Crippen LogP contribution in [0.4, 0.5) is 0 Å². The highest BCUT2D eigenvalue weighted by Gasteiger charge is 2.11. The van der Waals surface area contributed by atoms with Gasteiger partial charge in [0.05, 0.1) is 18.7 Å². The van der Waals surface area contributed by atoms with Gasteiger partial charge in [0.25, 0.3) is 0 Å². The molecule has 0 N–H and O–H groups in total. The van der Waals surface area contributed by atoms with Crippen molar-refractivity contribution in [1.82, 2.24) is 0 Å². The third-order valence-electron chi connectivity index (χ3n) is 1.98. The van der Waals surface area contributed by atoms with Gasteiger partial charge in [-0.25, -0.2) is 4.79 Å². The Hall–Kier alpha value is -1.53. The minimum atomic E-state index is -0.426. The summed E-state index contributed by atoms with van der Waals surface area (Å²) < 4.78 is 4.63. The van der Waals surface area contributed by atoms with Gasteiger partial charge in [-0.2, -0.15) is 5.26 Å². The Kier molecular flexibility index (Phi) is 4.14. The molecule has 0 saturated carbocycles. The molecule has 1 aromatic carbocycles. The fraction of sp³-hybridized carbons (Fsp3) is 0.273. The number of methoxy groups -OCH3 is 1. The monoisotopic (exact) mass is 223 g/mol. The van der Waals surface area contributed by atoms with Gasteiger partial charge >= 0.3 is 5.97 Å². The summed E-state index contributed by atoms with van der Waals surface area (Å²) >= 11 is 5.78. The van der Waals surface area contributed by atoms with Crippen LogP contribution in [-0.2, 0) is 11.2 Å². The summed E-state index contributed by atoms with van der Waals surface area (Å²) in [5.41, 5.74) is 1.22. The Bertz CT molecular complexity index is 410. The quantitative estimate of drug-likeness (QED) is 0.740. The molecule has 0 aromatic heterocycles. The Morgan fingerprint density at radius 2 is 2.33 bits per heavy atom. The van der Waals surface area contributed by atoms with Gasteiger partial charge in [-0.1, -0.05) is 17.7 Å². The molecule has 0 amide bonds. The van der Waals surface area contributed by atoms with E-state index in [1.165, 1.54) is 7.11 Å². The number of carbonyl (C=O) groups is 1. The van der Waals surface area contributed by atoms with Crippen LogP contribution in [0.25, 0.3) is 0 Å². The van der Waals surface area contributed by atoms with E-state index in [4.69, 9.17) is 16.9 Å². The van der Waals surface area contributed by atoms with Gasteiger partial charge in [-0.05, 0) is 24.1 Å². The van der Waals surface area contributed by atoms with Crippen LogP contribution in [0.15, 0.2) is 18.2 Å². The molecule has 0 saturated heterocycles. The molecule has 0 bridgehead atoms. The summed E-state index contributed by atoms with van der Waals surface area (Å²) in [6.07, 6.45) is 0.893. The second-order valence-electron chi connectivity index (χ2n) is 2.95. The van der Waals surface area contributed by atoms with Crippen LogP contribution in [0, 0.1) is 11.3 Å². The van der Waals surface area contributed by atoms with Crippen molar-refractivity contribution in [3.05, 3.63) is 34.3 Å². The van der Waals surface area contributed by atoms with Gasteiger partial charge in [-0.15, -0.1) is 0 Å². The summed E-state index contributed by atoms with van der Waals surface area (Å²) in [7, 11) is 1.32. The Morgan fingerprint density at radius 1 is 1.60 bits per heavy atom. The highest BCUT2D eigenvalue weighted by molar-refractivity contribution is 6.31. The fourth-order valence-corrected chi connectivity index (χ4v) is 1.43. The van der Waals surface area contributed by atoms with Crippen LogP contribution in [0.2, 0.25) is 5.02 Å². The van der Waals surface area contributed by atoms with Gasteiger partial charge in [0, 0.05) is 11.4 Å². The second kappa shape index (κ2) is 5.38. The minimum absolute atomic E-state index is 0.367. The maximum Gasteiger partial charge on any atom is 0.338 e. The molecule has 4 heteroatoms. The predicted octanol–water partition coefficient (Wildman–Crippen LogP) is 2.58. The molecule has 1 rings (SSSR count). The van der Waals surface area contributed by atoms with Gasteiger partial charge in [0.15, 0.2) is 0 Å². The number of rotatable bonds is 3. The van der Waals surface area contributed by atoms with Gasteiger partial charge in [0.1, 0.15) is 0 Å². The van der Waals surface area contributed by atoms with Gasteiger partial charge < -0.3 is 4.74 Å². The van der Waals surface area contributed by atoms with E-state index < -0.39 is 5.97 Å². The molecule has 15 heavy (non-hydrogen) atoms. The van der Waals surface area contributed by atoms with Crippen molar-refractivity contribution in [3.63, 3.8) is 0 Å². The van der Waals surface area contributed by atoms with Crippen LogP contribution in [0.3, 0.4) is 0 Å². The maximum absolute atomic E-state index is 11.4. The normalized spacial score (nSPS) is 9.40. The molecule has 0 unspecified atom stereocenters. The largest absolute Gasteiger partial charge is 0.465 e. The molecule has 0 atom stereocenters. The lowest BCUT2D eigenvalue weighted by Crippen LogP contribution is -2.05. The third-order valence-corrected chi connectivity index (χ3v) is 2.22. The molecule has 0 aliphatic rings. The van der Waals surface area contributed by atoms with Crippen LogP contribution in [0.5, 0.6) is 0 Å². The van der Waals surface area contributed by atoms with E-state index in [0.717, 1.165) is 5.56 Å². The Labute approximate surface area is 93.2 Å². The number of nitriles is 1. The smallest absolute Gasteiger partial charge is 0.338 e. The lowest BCUT2D eigenvalue weighted by atomic mass is 10.0. The van der Waals surface area contributed by atoms with E-state index in [9.17, 15) is 4.79 Å². The van der Waals surface area contributed by atoms with Crippen molar-refractivity contribution in [1.29, 1.82) is 5.26 Å². The summed E-state index contributed by atoms with van der Waals surface area (Å²) in [4.78, 5) is 11.4. The molecule has 1 aromatic rings. The summed E-state index contributed by atoms with van der Waals surface area (Å²) in [5.74, 6) is -0.426. The lowest BCUT2D eigenvalue weighted by Gasteiger charge is -2.06. The standard InChI is InChI=1S/C11H10ClNO2/c1-15-11(14)10-7-9(12)5-4-8(10)3-2-6-13/h4-5,7H,2-3H2,1H3. The average Bonchev–Trinajstić information content (AvgIpc) is 2.26. The number of nitrogens with zero attached hydrogens (tertiary/aromatic N) is 1. The van der Waals surface area contributed by atoms with Gasteiger partial charge in [0.2, 0.25) is 0 Å². The summed E-state index contributed by atoms with van der Waals surface area (Å²) in [5, 5.41) is 8.96. The first-order chi connectivity index (χ1) is 7.19. The first kappa shape index (κ1) is 11.5. The predicted molar refractivity (Wildman–Crippen MR) is 56.7 cm³/mol. The number of ether oxygens (including phenoxy) is 1. The molecular weight excluding hydrogens is 214 g/mol. The molecule has 0 aliphatic carbocycles. The van der Waals surface area contributed by atoms with Crippen LogP contribution in [-0.4, -0.2) is 13.1 Å². The highest BCUT2D eigenvalue weighted by Crippen LogP contribution is 2.18. The third kappa shape index (κ3) is 2.97. The number of benzene rings is 1. The minimum Gasteiger partial charge on any atom is -0.465 e. The number of aryl methyl sites for hydroxylation is 1. The summed E-state index contributed by atoms with van der Waals surface area (Å²) in [6.45, 7) is 0. The number of hydrogen-bond acceptors (Lipinski definition) is 3. The summed E-state index contributed by atoms with van der Waals surface area (Å²) in [6, 6.07) is 7.02. The molecule has 0 fully saturated rings. The van der Waals surface area contributed by atoms with Crippen molar-refractivity contribution in [2.75, 3.05) is 7.11 Å². The molecule has 0 radical (unpaired) electrons. The molecule has 3 nitrogen and oxygen atoms in total. The van der Waals surface area contributed by atoms with Crippen molar-refractivity contribution in [2.24, 2.45) is 0 Å². The van der Waals surface area contributed by atoms with Crippen LogP contribution in [0.1, 0.15) is 22.3 Å². The first-order valence-electron chi connectivity index (χ1n) is 4.42. The zero-order valence-corrected chi connectivity index (χ0v) is 9.04. The SMILES string of the molecule is COC(=O)c1cc(Cl)ccc1CCC#N. The molecule has 0 heterocycles. The van der Waals surface area contributed by atoms with Crippen molar-refractivity contribution in [3.8, 4) is 6.07 Å². The fourth-order valence-electron chi connectivity index (χ4n) is 1.26. The first-order valence-corrected chi connectivity index (χ1v) is 4.80. The van der Waals surface area contributed by atoms with E-state index in [2.05, 4.69) is 4.74 Å². The Balaban J connectivity index is 3.04. The molecule has 0 spiro atoms. The van der Waals surface area contributed by atoms with E-state index in [-0.39, 0.29) is 0 Å². The zero-order valence-electron chi connectivity index (χ0n) is 8.29. The van der Waals surface area contributed by atoms with Gasteiger partial charge in [-0.3, -0.25) is 0 Å². The van der Waals surface area contributed by atoms with Crippen molar-refractivity contribution in [2.45, 2.75) is 12.8 Å². The zero-order chi connectivity index (χ0) is 11.3. The molecule has 0 aliphatic heterocycles. The molecular formula is C11H10ClNO2. The van der Waals surface area contributed by atoms with E-state index >= 15 is 0 Å². The lowest BCUT2D eigenvalue weighted by molar-refractivity contribution is 0.0599. The van der Waals surface area contributed by atoms with Crippen molar-refractivity contribution < 1.29 is 9.53 Å². The molecule has 78 valence electrons. The van der Waals surface area contributed by atoms with Crippen LogP contribution < -0.4 is 0 Å². The Morgan fingerprint density at radius 3 is 2.93 bits per heavy atom. The number of carbonyl (C=O) groups excluding carboxylic acids is 1. The maximum atomic E-state index is 11.4. The van der Waals surface area contributed by atoms with E-state index in [0.29, 0.717) is 23.4 Å². The highest BCUT2D eigenvalue weighted by atomic mass is 35.5.